The van der Waals surface area contributed by atoms with Crippen molar-refractivity contribution in [3.8, 4) is 22.2 Å². The van der Waals surface area contributed by atoms with Crippen LogP contribution in [0, 0.1) is 0 Å². The van der Waals surface area contributed by atoms with Gasteiger partial charge in [0.15, 0.2) is 16.5 Å². The van der Waals surface area contributed by atoms with Crippen LogP contribution in [-0.2, 0) is 4.74 Å². The van der Waals surface area contributed by atoms with Crippen LogP contribution in [0.4, 0.5) is 11.1 Å². The maximum Gasteiger partial charge on any atom is 0.322 e. The molecule has 12 heteroatoms. The van der Waals surface area contributed by atoms with Crippen molar-refractivity contribution >= 4 is 50.1 Å². The Balaban J connectivity index is 1.37. The summed E-state index contributed by atoms with van der Waals surface area (Å²) in [6, 6.07) is 9.07. The van der Waals surface area contributed by atoms with Crippen molar-refractivity contribution in [1.82, 2.24) is 20.2 Å². The number of pyridine rings is 1. The number of hydrogen-bond acceptors (Lipinski definition) is 11. The first kappa shape index (κ1) is 20.0. The number of carbonyl (C=O) groups excluding carboxylic acids is 1. The topological polar surface area (TPSA) is 119 Å². The number of anilines is 2. The number of aromatic nitrogens is 4. The molecule has 0 radical (unpaired) electrons. The van der Waals surface area contributed by atoms with Gasteiger partial charge in [0.25, 0.3) is 11.8 Å². The summed E-state index contributed by atoms with van der Waals surface area (Å²) < 4.78 is 16.9. The normalized spacial score (nSPS) is 14.1. The monoisotopic (exact) mass is 480 g/mol. The molecule has 0 atom stereocenters. The van der Waals surface area contributed by atoms with Crippen LogP contribution in [0.5, 0.6) is 0 Å². The van der Waals surface area contributed by atoms with Gasteiger partial charge in [0.2, 0.25) is 0 Å². The maximum absolute atomic E-state index is 13.3. The number of carbonyl (C=O) groups is 1. The highest BCUT2D eigenvalue weighted by molar-refractivity contribution is 7.22. The van der Waals surface area contributed by atoms with Crippen molar-refractivity contribution in [1.29, 1.82) is 0 Å². The first-order valence-corrected chi connectivity index (χ1v) is 11.8. The largest absolute Gasteiger partial charge is 0.459 e. The second-order valence-corrected chi connectivity index (χ2v) is 9.05. The quantitative estimate of drug-likeness (QED) is 0.395. The third-order valence-corrected chi connectivity index (χ3v) is 7.06. The first-order valence-electron chi connectivity index (χ1n) is 10.1. The molecule has 5 aromatic heterocycles. The Morgan fingerprint density at radius 3 is 2.82 bits per heavy atom. The molecule has 1 N–H and O–H groups in total. The van der Waals surface area contributed by atoms with Gasteiger partial charge in [-0.3, -0.25) is 10.1 Å². The van der Waals surface area contributed by atoms with Crippen molar-refractivity contribution < 1.29 is 18.4 Å². The number of thiazole rings is 1. The Hall–Kier alpha value is -3.61. The van der Waals surface area contributed by atoms with Crippen molar-refractivity contribution in [2.75, 3.05) is 36.5 Å². The predicted octanol–water partition coefficient (Wildman–Crippen LogP) is 4.15. The van der Waals surface area contributed by atoms with E-state index in [1.165, 1.54) is 17.6 Å². The molecule has 10 nitrogen and oxygen atoms in total. The molecule has 5 aromatic rings. The first-order chi connectivity index (χ1) is 16.2. The van der Waals surface area contributed by atoms with Crippen LogP contribution in [0.3, 0.4) is 0 Å². The van der Waals surface area contributed by atoms with E-state index in [0.717, 1.165) is 23.1 Å². The van der Waals surface area contributed by atoms with Crippen LogP contribution in [-0.4, -0.2) is 52.4 Å². The molecule has 0 spiro atoms. The SMILES string of the molecule is O=C(Nc1nnc(-c2ccco2)o1)c1cc(-c2cccs2)nc2nc(N3CCOCC3)sc12. The van der Waals surface area contributed by atoms with E-state index >= 15 is 0 Å². The van der Waals surface area contributed by atoms with E-state index in [0.29, 0.717) is 40.6 Å². The molecule has 1 aliphatic rings. The van der Waals surface area contributed by atoms with Crippen molar-refractivity contribution in [2.45, 2.75) is 0 Å². The number of fused-ring (bicyclic) bond motifs is 1. The number of ether oxygens (including phenoxy) is 1. The molecule has 0 saturated carbocycles. The molecule has 6 heterocycles. The summed E-state index contributed by atoms with van der Waals surface area (Å²) in [4.78, 5) is 25.9. The van der Waals surface area contributed by atoms with E-state index in [-0.39, 0.29) is 17.8 Å². The Morgan fingerprint density at radius 1 is 1.12 bits per heavy atom. The van der Waals surface area contributed by atoms with Crippen LogP contribution in [0.2, 0.25) is 0 Å². The van der Waals surface area contributed by atoms with Gasteiger partial charge in [-0.05, 0) is 29.6 Å². The standard InChI is InChI=1S/C21H16N6O4S2/c28-18(24-20-26-25-19(31-20)14-3-1-7-30-14)12-11-13(15-4-2-10-32-15)22-17-16(12)33-21(23-17)27-5-8-29-9-6-27/h1-4,7,10-11H,5-6,8-9H2,(H,24,26,28). The molecule has 0 aromatic carbocycles. The maximum atomic E-state index is 13.3. The van der Waals surface area contributed by atoms with E-state index in [2.05, 4.69) is 20.4 Å². The van der Waals surface area contributed by atoms with E-state index in [9.17, 15) is 4.79 Å². The van der Waals surface area contributed by atoms with Crippen LogP contribution in [0.25, 0.3) is 32.6 Å². The summed E-state index contributed by atoms with van der Waals surface area (Å²) in [6.07, 6.45) is 1.51. The van der Waals surface area contributed by atoms with Crippen LogP contribution >= 0.6 is 22.7 Å². The van der Waals surface area contributed by atoms with Gasteiger partial charge in [-0.15, -0.1) is 16.4 Å². The molecular formula is C21H16N6O4S2. The minimum absolute atomic E-state index is 0.0213. The molecule has 0 bridgehead atoms. The van der Waals surface area contributed by atoms with E-state index in [4.69, 9.17) is 23.5 Å². The fourth-order valence-electron chi connectivity index (χ4n) is 3.45. The van der Waals surface area contributed by atoms with Gasteiger partial charge in [0, 0.05) is 13.1 Å². The zero-order valence-corrected chi connectivity index (χ0v) is 18.7. The van der Waals surface area contributed by atoms with Gasteiger partial charge < -0.3 is 18.5 Å². The van der Waals surface area contributed by atoms with Crippen LogP contribution in [0.1, 0.15) is 10.4 Å². The molecule has 1 fully saturated rings. The lowest BCUT2D eigenvalue weighted by atomic mass is 10.2. The third kappa shape index (κ3) is 3.88. The molecule has 0 aliphatic carbocycles. The molecule has 6 rings (SSSR count). The number of amides is 1. The lowest BCUT2D eigenvalue weighted by molar-refractivity contribution is 0.102. The summed E-state index contributed by atoms with van der Waals surface area (Å²) in [5.74, 6) is 0.223. The summed E-state index contributed by atoms with van der Waals surface area (Å²) in [5, 5.41) is 13.3. The number of nitrogens with zero attached hydrogens (tertiary/aromatic N) is 5. The van der Waals surface area contributed by atoms with Crippen molar-refractivity contribution in [2.24, 2.45) is 0 Å². The van der Waals surface area contributed by atoms with Crippen molar-refractivity contribution in [3.63, 3.8) is 0 Å². The minimum Gasteiger partial charge on any atom is -0.459 e. The summed E-state index contributed by atoms with van der Waals surface area (Å²) >= 11 is 2.99. The Kier molecular flexibility index (Phi) is 5.09. The number of hydrogen-bond donors (Lipinski definition) is 1. The number of morpholine rings is 1. The van der Waals surface area contributed by atoms with E-state index < -0.39 is 0 Å². The Morgan fingerprint density at radius 2 is 2.03 bits per heavy atom. The second kappa shape index (κ2) is 8.39. The highest BCUT2D eigenvalue weighted by atomic mass is 32.1. The number of nitrogens with one attached hydrogen (secondary N) is 1. The average Bonchev–Trinajstić information content (AvgIpc) is 3.65. The molecule has 1 aliphatic heterocycles. The highest BCUT2D eigenvalue weighted by Gasteiger charge is 2.23. The lowest BCUT2D eigenvalue weighted by Crippen LogP contribution is -2.36. The fraction of sp³-hybridized carbons (Fsp3) is 0.190. The molecule has 33 heavy (non-hydrogen) atoms. The molecule has 0 unspecified atom stereocenters. The summed E-state index contributed by atoms with van der Waals surface area (Å²) in [5.41, 5.74) is 1.65. The average molecular weight is 481 g/mol. The molecule has 1 amide bonds. The molecular weight excluding hydrogens is 464 g/mol. The molecule has 1 saturated heterocycles. The zero-order valence-electron chi connectivity index (χ0n) is 17.1. The number of rotatable bonds is 5. The van der Waals surface area contributed by atoms with Gasteiger partial charge in [0.05, 0.1) is 40.3 Å². The fourth-order valence-corrected chi connectivity index (χ4v) is 5.20. The molecule has 166 valence electrons. The lowest BCUT2D eigenvalue weighted by Gasteiger charge is -2.25. The Labute approximate surface area is 194 Å². The van der Waals surface area contributed by atoms with E-state index in [1.54, 1.807) is 29.5 Å². The Bertz CT molecular complexity index is 1400. The van der Waals surface area contributed by atoms with Gasteiger partial charge in [-0.2, -0.15) is 4.98 Å². The number of furan rings is 1. The van der Waals surface area contributed by atoms with Crippen LogP contribution < -0.4 is 10.2 Å². The predicted molar refractivity (Wildman–Crippen MR) is 124 cm³/mol. The highest BCUT2D eigenvalue weighted by Crippen LogP contribution is 2.35. The minimum atomic E-state index is -0.382. The van der Waals surface area contributed by atoms with Gasteiger partial charge >= 0.3 is 6.01 Å². The summed E-state index contributed by atoms with van der Waals surface area (Å²) in [7, 11) is 0. The van der Waals surface area contributed by atoms with Gasteiger partial charge in [0.1, 0.15) is 0 Å². The van der Waals surface area contributed by atoms with E-state index in [1.807, 2.05) is 17.5 Å². The van der Waals surface area contributed by atoms with Crippen molar-refractivity contribution in [3.05, 3.63) is 47.5 Å². The van der Waals surface area contributed by atoms with Crippen LogP contribution in [0.15, 0.2) is 50.8 Å². The third-order valence-electron chi connectivity index (χ3n) is 5.03. The summed E-state index contributed by atoms with van der Waals surface area (Å²) in [6.45, 7) is 2.78. The van der Waals surface area contributed by atoms with Gasteiger partial charge in [-0.1, -0.05) is 22.5 Å². The van der Waals surface area contributed by atoms with Gasteiger partial charge in [-0.25, -0.2) is 4.98 Å². The second-order valence-electron chi connectivity index (χ2n) is 7.12. The smallest absolute Gasteiger partial charge is 0.322 e. The zero-order chi connectivity index (χ0) is 22.2. The number of thiophene rings is 1.